The van der Waals surface area contributed by atoms with Gasteiger partial charge in [0.25, 0.3) is 0 Å². The van der Waals surface area contributed by atoms with Gasteiger partial charge in [0.1, 0.15) is 0 Å². The number of hydrogen-bond acceptors (Lipinski definition) is 4. The molecule has 1 aliphatic heterocycles. The molecule has 0 radical (unpaired) electrons. The second-order valence-corrected chi connectivity index (χ2v) is 6.06. The molecule has 0 spiro atoms. The summed E-state index contributed by atoms with van der Waals surface area (Å²) < 4.78 is 5.17. The maximum atomic E-state index is 12.7. The zero-order chi connectivity index (χ0) is 16.7. The number of hydrogen-bond donors (Lipinski definition) is 2. The molecule has 6 nitrogen and oxygen atoms in total. The summed E-state index contributed by atoms with van der Waals surface area (Å²) in [6.45, 7) is 3.65. The summed E-state index contributed by atoms with van der Waals surface area (Å²) in [7, 11) is 3.78. The summed E-state index contributed by atoms with van der Waals surface area (Å²) in [5, 5.41) is 3.00. The fourth-order valence-corrected chi connectivity index (χ4v) is 2.92. The average molecular weight is 320 g/mol. The van der Waals surface area contributed by atoms with Crippen molar-refractivity contribution in [3.63, 3.8) is 0 Å². The predicted molar refractivity (Wildman–Crippen MR) is 92.5 cm³/mol. The second kappa shape index (κ2) is 8.86. The smallest absolute Gasteiger partial charge is 0.322 e. The highest BCUT2D eigenvalue weighted by Crippen LogP contribution is 2.18. The van der Waals surface area contributed by atoms with Gasteiger partial charge < -0.3 is 25.6 Å². The topological polar surface area (TPSA) is 70.8 Å². The van der Waals surface area contributed by atoms with Crippen LogP contribution in [0.3, 0.4) is 0 Å². The van der Waals surface area contributed by atoms with Gasteiger partial charge in [0.15, 0.2) is 0 Å². The van der Waals surface area contributed by atoms with Crippen LogP contribution in [0.2, 0.25) is 0 Å². The van der Waals surface area contributed by atoms with E-state index in [2.05, 4.69) is 17.3 Å². The molecule has 0 atom stereocenters. The van der Waals surface area contributed by atoms with E-state index in [-0.39, 0.29) is 12.1 Å². The van der Waals surface area contributed by atoms with E-state index in [4.69, 9.17) is 10.5 Å². The molecule has 0 saturated carbocycles. The molecule has 1 aromatic carbocycles. The van der Waals surface area contributed by atoms with E-state index in [0.29, 0.717) is 19.7 Å². The Morgan fingerprint density at radius 2 is 2.17 bits per heavy atom. The number of urea groups is 1. The van der Waals surface area contributed by atoms with Crippen LogP contribution in [0.15, 0.2) is 24.3 Å². The highest BCUT2D eigenvalue weighted by molar-refractivity contribution is 5.89. The van der Waals surface area contributed by atoms with Gasteiger partial charge >= 0.3 is 6.03 Å². The summed E-state index contributed by atoms with van der Waals surface area (Å²) in [5.74, 6) is 0. The monoisotopic (exact) mass is 320 g/mol. The van der Waals surface area contributed by atoms with Crippen LogP contribution in [0.1, 0.15) is 18.4 Å². The Morgan fingerprint density at radius 3 is 2.83 bits per heavy atom. The number of nitrogens with one attached hydrogen (secondary N) is 1. The van der Waals surface area contributed by atoms with E-state index in [1.807, 2.05) is 29.2 Å². The van der Waals surface area contributed by atoms with Crippen LogP contribution in [0.4, 0.5) is 10.5 Å². The third-order valence-electron chi connectivity index (χ3n) is 4.34. The number of rotatable bonds is 6. The lowest BCUT2D eigenvalue weighted by molar-refractivity contribution is 0.108. The number of methoxy groups -OCH3 is 1. The largest absolute Gasteiger partial charge is 0.383 e. The lowest BCUT2D eigenvalue weighted by Crippen LogP contribution is -2.49. The normalized spacial score (nSPS) is 16.3. The van der Waals surface area contributed by atoms with Gasteiger partial charge in [0.05, 0.1) is 6.61 Å². The zero-order valence-electron chi connectivity index (χ0n) is 14.1. The maximum Gasteiger partial charge on any atom is 0.322 e. The molecule has 1 saturated heterocycles. The maximum absolute atomic E-state index is 12.7. The van der Waals surface area contributed by atoms with Crippen LogP contribution in [0.25, 0.3) is 0 Å². The second-order valence-electron chi connectivity index (χ2n) is 6.06. The molecular weight excluding hydrogens is 292 g/mol. The number of amides is 2. The number of likely N-dealkylation sites (tertiary alicyclic amines) is 1. The van der Waals surface area contributed by atoms with Gasteiger partial charge in [-0.25, -0.2) is 4.79 Å². The third kappa shape index (κ3) is 5.20. The van der Waals surface area contributed by atoms with Crippen molar-refractivity contribution < 1.29 is 9.53 Å². The van der Waals surface area contributed by atoms with E-state index in [1.165, 1.54) is 0 Å². The van der Waals surface area contributed by atoms with Crippen molar-refractivity contribution in [2.24, 2.45) is 5.73 Å². The van der Waals surface area contributed by atoms with Gasteiger partial charge in [-0.15, -0.1) is 0 Å². The van der Waals surface area contributed by atoms with Crippen LogP contribution in [-0.4, -0.2) is 62.3 Å². The molecule has 1 fully saturated rings. The molecule has 128 valence electrons. The molecule has 1 aliphatic rings. The van der Waals surface area contributed by atoms with Crippen molar-refractivity contribution in [2.45, 2.75) is 25.4 Å². The fraction of sp³-hybridized carbons (Fsp3) is 0.588. The summed E-state index contributed by atoms with van der Waals surface area (Å²) >= 11 is 0. The van der Waals surface area contributed by atoms with E-state index in [1.54, 1.807) is 7.11 Å². The number of benzene rings is 1. The third-order valence-corrected chi connectivity index (χ3v) is 4.34. The molecular formula is C17H28N4O2. The van der Waals surface area contributed by atoms with Gasteiger partial charge in [-0.05, 0) is 50.7 Å². The van der Waals surface area contributed by atoms with Crippen LogP contribution in [0, 0.1) is 0 Å². The predicted octanol–water partition coefficient (Wildman–Crippen LogP) is 1.72. The SMILES string of the molecule is COCCN(C(=O)Nc1cccc(CN)c1)C1CCN(C)CC1. The van der Waals surface area contributed by atoms with E-state index in [9.17, 15) is 4.79 Å². The Kier molecular flexibility index (Phi) is 6.83. The number of carbonyl (C=O) groups is 1. The van der Waals surface area contributed by atoms with Gasteiger partial charge in [0, 0.05) is 31.9 Å². The summed E-state index contributed by atoms with van der Waals surface area (Å²) in [6.07, 6.45) is 1.99. The summed E-state index contributed by atoms with van der Waals surface area (Å²) in [5.41, 5.74) is 7.45. The Balaban J connectivity index is 2.03. The number of carbonyl (C=O) groups excluding carboxylic acids is 1. The zero-order valence-corrected chi connectivity index (χ0v) is 14.1. The summed E-state index contributed by atoms with van der Waals surface area (Å²) in [6, 6.07) is 7.87. The van der Waals surface area contributed by atoms with Crippen molar-refractivity contribution in [1.82, 2.24) is 9.80 Å². The Bertz CT molecular complexity index is 501. The van der Waals surface area contributed by atoms with Crippen LogP contribution < -0.4 is 11.1 Å². The van der Waals surface area contributed by atoms with Crippen molar-refractivity contribution >= 4 is 11.7 Å². The molecule has 1 aromatic rings. The van der Waals surface area contributed by atoms with Crippen LogP contribution >= 0.6 is 0 Å². The van der Waals surface area contributed by atoms with Crippen LogP contribution in [0.5, 0.6) is 0 Å². The van der Waals surface area contributed by atoms with Crippen molar-refractivity contribution in [3.8, 4) is 0 Å². The van der Waals surface area contributed by atoms with Crippen molar-refractivity contribution in [2.75, 3.05) is 45.7 Å². The molecule has 23 heavy (non-hydrogen) atoms. The van der Waals surface area contributed by atoms with E-state index >= 15 is 0 Å². The lowest BCUT2D eigenvalue weighted by atomic mass is 10.0. The van der Waals surface area contributed by atoms with Gasteiger partial charge in [-0.2, -0.15) is 0 Å². The molecule has 0 unspecified atom stereocenters. The molecule has 2 amide bonds. The molecule has 3 N–H and O–H groups in total. The first kappa shape index (κ1) is 17.7. The number of nitrogens with two attached hydrogens (primary N) is 1. The van der Waals surface area contributed by atoms with Gasteiger partial charge in [-0.1, -0.05) is 12.1 Å². The molecule has 0 aliphatic carbocycles. The average Bonchev–Trinajstić information content (AvgIpc) is 2.57. The Hall–Kier alpha value is -1.63. The number of anilines is 1. The Labute approximate surface area is 138 Å². The van der Waals surface area contributed by atoms with Crippen molar-refractivity contribution in [3.05, 3.63) is 29.8 Å². The van der Waals surface area contributed by atoms with Crippen LogP contribution in [-0.2, 0) is 11.3 Å². The van der Waals surface area contributed by atoms with E-state index < -0.39 is 0 Å². The minimum absolute atomic E-state index is 0.0641. The standard InChI is InChI=1S/C17H28N4O2/c1-20-8-6-16(7-9-20)21(10-11-23-2)17(22)19-15-5-3-4-14(12-15)13-18/h3-5,12,16H,6-11,13,18H2,1-2H3,(H,19,22). The molecule has 1 heterocycles. The number of piperidine rings is 1. The van der Waals surface area contributed by atoms with Gasteiger partial charge in [-0.3, -0.25) is 0 Å². The van der Waals surface area contributed by atoms with Gasteiger partial charge in [0.2, 0.25) is 0 Å². The molecule has 6 heteroatoms. The highest BCUT2D eigenvalue weighted by Gasteiger charge is 2.26. The van der Waals surface area contributed by atoms with Crippen molar-refractivity contribution in [1.29, 1.82) is 0 Å². The highest BCUT2D eigenvalue weighted by atomic mass is 16.5. The Morgan fingerprint density at radius 1 is 1.43 bits per heavy atom. The minimum Gasteiger partial charge on any atom is -0.383 e. The number of ether oxygens (including phenoxy) is 1. The molecule has 0 bridgehead atoms. The molecule has 2 rings (SSSR count). The lowest BCUT2D eigenvalue weighted by Gasteiger charge is -2.37. The number of nitrogens with zero attached hydrogens (tertiary/aromatic N) is 2. The fourth-order valence-electron chi connectivity index (χ4n) is 2.92. The quantitative estimate of drug-likeness (QED) is 0.837. The summed E-state index contributed by atoms with van der Waals surface area (Å²) in [4.78, 5) is 16.9. The molecule has 0 aromatic heterocycles. The first-order chi connectivity index (χ1) is 11.1. The van der Waals surface area contributed by atoms with E-state index in [0.717, 1.165) is 37.2 Å². The first-order valence-electron chi connectivity index (χ1n) is 8.18. The first-order valence-corrected chi connectivity index (χ1v) is 8.18. The minimum atomic E-state index is -0.0641.